The molecule has 0 aliphatic rings. The first-order valence-electron chi connectivity index (χ1n) is 28.3. The molecule has 0 aromatic heterocycles. The molecule has 4 N–H and O–H groups in total. The summed E-state index contributed by atoms with van der Waals surface area (Å²) in [5.74, 6) is 0.927. The topological polar surface area (TPSA) is 52.0 Å². The second-order valence-electron chi connectivity index (χ2n) is 20.8. The molecule has 0 saturated carbocycles. The third kappa shape index (κ3) is 22.5. The number of hydrogen-bond donors (Lipinski definition) is 2. The van der Waals surface area contributed by atoms with Gasteiger partial charge in [0, 0.05) is 23.2 Å². The Labute approximate surface area is 408 Å². The summed E-state index contributed by atoms with van der Waals surface area (Å²) in [6, 6.07) is 32.5. The summed E-state index contributed by atoms with van der Waals surface area (Å²) in [6.45, 7) is 9.08. The predicted octanol–water partition coefficient (Wildman–Crippen LogP) is 20.0. The molecule has 0 spiro atoms. The van der Waals surface area contributed by atoms with E-state index in [2.05, 4.69) is 113 Å². The lowest BCUT2D eigenvalue weighted by molar-refractivity contribution is 0.533. The van der Waals surface area contributed by atoms with Crippen molar-refractivity contribution < 1.29 is 0 Å². The molecule has 0 radical (unpaired) electrons. The maximum Gasteiger partial charge on any atom is 0.0316 e. The van der Waals surface area contributed by atoms with Crippen molar-refractivity contribution in [3.8, 4) is 0 Å². The van der Waals surface area contributed by atoms with Crippen LogP contribution < -0.4 is 11.5 Å². The molecule has 66 heavy (non-hydrogen) atoms. The average molecular weight is 898 g/mol. The van der Waals surface area contributed by atoms with E-state index in [-0.39, 0.29) is 0 Å². The van der Waals surface area contributed by atoms with Gasteiger partial charge in [0.05, 0.1) is 0 Å². The fourth-order valence-corrected chi connectivity index (χ4v) is 10.8. The molecule has 0 aliphatic heterocycles. The zero-order valence-corrected chi connectivity index (χ0v) is 43.4. The summed E-state index contributed by atoms with van der Waals surface area (Å²) in [7, 11) is 0. The van der Waals surface area contributed by atoms with E-state index in [1.807, 2.05) is 0 Å². The van der Waals surface area contributed by atoms with Crippen molar-refractivity contribution in [3.63, 3.8) is 0 Å². The predicted molar refractivity (Wildman–Crippen MR) is 294 cm³/mol. The number of nitrogens with two attached hydrogens (primary N) is 2. The van der Waals surface area contributed by atoms with Crippen molar-refractivity contribution >= 4 is 11.4 Å². The van der Waals surface area contributed by atoms with Gasteiger partial charge in [-0.05, 0) is 121 Å². The number of anilines is 2. The van der Waals surface area contributed by atoms with Gasteiger partial charge in [0.1, 0.15) is 0 Å². The number of aryl methyl sites for hydroxylation is 4. The third-order valence-corrected chi connectivity index (χ3v) is 15.0. The van der Waals surface area contributed by atoms with E-state index in [4.69, 9.17) is 11.5 Å². The molecule has 4 aromatic carbocycles. The Morgan fingerprint density at radius 1 is 0.318 bits per heavy atom. The first kappa shape index (κ1) is 55.1. The lowest BCUT2D eigenvalue weighted by atomic mass is 9.84. The van der Waals surface area contributed by atoms with Crippen LogP contribution in [0.15, 0.2) is 84.9 Å². The van der Waals surface area contributed by atoms with Crippen LogP contribution in [0.5, 0.6) is 0 Å². The fourth-order valence-electron chi connectivity index (χ4n) is 10.8. The summed E-state index contributed by atoms with van der Waals surface area (Å²) < 4.78 is 0. The molecular formula is C64H100N2. The van der Waals surface area contributed by atoms with E-state index in [0.29, 0.717) is 11.8 Å². The van der Waals surface area contributed by atoms with Crippen LogP contribution in [-0.4, -0.2) is 0 Å². The van der Waals surface area contributed by atoms with Gasteiger partial charge in [-0.1, -0.05) is 254 Å². The highest BCUT2D eigenvalue weighted by Crippen LogP contribution is 2.35. The van der Waals surface area contributed by atoms with Crippen LogP contribution in [0.3, 0.4) is 0 Å². The summed E-state index contributed by atoms with van der Waals surface area (Å²) in [5, 5.41) is 0. The number of rotatable bonds is 39. The summed E-state index contributed by atoms with van der Waals surface area (Å²) in [6.07, 6.45) is 46.3. The van der Waals surface area contributed by atoms with Crippen molar-refractivity contribution in [3.05, 3.63) is 129 Å². The molecule has 2 unspecified atom stereocenters. The quantitative estimate of drug-likeness (QED) is 0.0346. The van der Waals surface area contributed by atoms with Gasteiger partial charge in [0.15, 0.2) is 0 Å². The minimum absolute atomic E-state index is 0.463. The van der Waals surface area contributed by atoms with E-state index >= 15 is 0 Å². The molecule has 0 saturated heterocycles. The van der Waals surface area contributed by atoms with Gasteiger partial charge in [-0.15, -0.1) is 0 Å². The third-order valence-electron chi connectivity index (χ3n) is 15.0. The van der Waals surface area contributed by atoms with E-state index < -0.39 is 0 Å². The highest BCUT2D eigenvalue weighted by Gasteiger charge is 2.18. The fraction of sp³-hybridized carbons (Fsp3) is 0.625. The molecule has 4 rings (SSSR count). The van der Waals surface area contributed by atoms with Crippen molar-refractivity contribution in [1.29, 1.82) is 0 Å². The summed E-state index contributed by atoms with van der Waals surface area (Å²) in [4.78, 5) is 0. The maximum atomic E-state index is 6.15. The monoisotopic (exact) mass is 897 g/mol. The van der Waals surface area contributed by atoms with Gasteiger partial charge in [0.25, 0.3) is 0 Å². The normalized spacial score (nSPS) is 12.5. The Balaban J connectivity index is 1.01. The van der Waals surface area contributed by atoms with Crippen LogP contribution in [0, 0.1) is 13.8 Å². The Morgan fingerprint density at radius 3 is 0.879 bits per heavy atom. The van der Waals surface area contributed by atoms with Gasteiger partial charge in [-0.2, -0.15) is 0 Å². The second kappa shape index (κ2) is 34.7. The Kier molecular flexibility index (Phi) is 29.0. The van der Waals surface area contributed by atoms with Crippen LogP contribution in [0.25, 0.3) is 0 Å². The number of unbranched alkanes of at least 4 members (excludes halogenated alkanes) is 27. The SMILES string of the molecule is CCCCCCCCCCC(c1ccc(CCCCCCCCCCCCCCCCc2ccc(C(CCCCCCCCCC)c3ccc(N)cc3C)cc2)cc1)c1ccc(N)cc1C. The van der Waals surface area contributed by atoms with E-state index in [1.165, 1.54) is 263 Å². The van der Waals surface area contributed by atoms with Gasteiger partial charge in [-0.25, -0.2) is 0 Å². The Morgan fingerprint density at radius 2 is 0.591 bits per heavy atom. The number of nitrogen functional groups attached to an aromatic ring is 2. The van der Waals surface area contributed by atoms with Crippen LogP contribution in [-0.2, 0) is 12.8 Å². The molecule has 0 amide bonds. The largest absolute Gasteiger partial charge is 0.399 e. The minimum atomic E-state index is 0.463. The van der Waals surface area contributed by atoms with Crippen LogP contribution in [0.1, 0.15) is 276 Å². The van der Waals surface area contributed by atoms with Gasteiger partial charge in [-0.3, -0.25) is 0 Å². The van der Waals surface area contributed by atoms with Gasteiger partial charge in [0.2, 0.25) is 0 Å². The first-order chi connectivity index (χ1) is 32.4. The zero-order valence-electron chi connectivity index (χ0n) is 43.4. The molecule has 0 aliphatic carbocycles. The molecule has 2 nitrogen and oxygen atoms in total. The Hall–Kier alpha value is -3.52. The lowest BCUT2D eigenvalue weighted by Crippen LogP contribution is -2.05. The standard InChI is InChI=1S/C64H100N2/c1-5-7-9-11-13-25-29-33-37-63(61-49-47-59(65)51-53(61)3)57-43-39-55(40-44-57)35-31-27-23-21-19-17-15-16-18-20-22-24-28-32-36-56-41-45-58(46-42-56)64(62-50-48-60(66)52-54(62)4)38-34-30-26-14-12-10-8-6-2/h39-52,63-64H,5-38,65-66H2,1-4H3. The van der Waals surface area contributed by atoms with Crippen molar-refractivity contribution in [2.24, 2.45) is 0 Å². The number of hydrogen-bond acceptors (Lipinski definition) is 2. The molecule has 2 heteroatoms. The van der Waals surface area contributed by atoms with Crippen molar-refractivity contribution in [2.75, 3.05) is 11.5 Å². The van der Waals surface area contributed by atoms with Gasteiger partial charge >= 0.3 is 0 Å². The maximum absolute atomic E-state index is 6.15. The lowest BCUT2D eigenvalue weighted by Gasteiger charge is -2.21. The smallest absolute Gasteiger partial charge is 0.0316 e. The van der Waals surface area contributed by atoms with Crippen LogP contribution in [0.4, 0.5) is 11.4 Å². The Bertz CT molecular complexity index is 1650. The first-order valence-corrected chi connectivity index (χ1v) is 28.3. The summed E-state index contributed by atoms with van der Waals surface area (Å²) in [5.41, 5.74) is 25.6. The summed E-state index contributed by atoms with van der Waals surface area (Å²) >= 11 is 0. The molecule has 4 aromatic rings. The molecule has 2 atom stereocenters. The molecule has 366 valence electrons. The molecule has 0 heterocycles. The second-order valence-corrected chi connectivity index (χ2v) is 20.8. The molecule has 0 fully saturated rings. The van der Waals surface area contributed by atoms with E-state index in [9.17, 15) is 0 Å². The zero-order chi connectivity index (χ0) is 46.9. The number of benzene rings is 4. The van der Waals surface area contributed by atoms with E-state index in [0.717, 1.165) is 11.4 Å². The molecule has 0 bridgehead atoms. The average Bonchev–Trinajstić information content (AvgIpc) is 3.32. The van der Waals surface area contributed by atoms with Crippen molar-refractivity contribution in [2.45, 2.75) is 258 Å². The van der Waals surface area contributed by atoms with Crippen LogP contribution in [0.2, 0.25) is 0 Å². The van der Waals surface area contributed by atoms with Crippen LogP contribution >= 0.6 is 0 Å². The minimum Gasteiger partial charge on any atom is -0.399 e. The molecular weight excluding hydrogens is 797 g/mol. The highest BCUT2D eigenvalue weighted by atomic mass is 14.5. The van der Waals surface area contributed by atoms with Crippen molar-refractivity contribution in [1.82, 2.24) is 0 Å². The van der Waals surface area contributed by atoms with E-state index in [1.54, 1.807) is 0 Å². The highest BCUT2D eigenvalue weighted by molar-refractivity contribution is 5.49. The van der Waals surface area contributed by atoms with Gasteiger partial charge < -0.3 is 11.5 Å².